The van der Waals surface area contributed by atoms with Crippen molar-refractivity contribution in [3.05, 3.63) is 35.4 Å². The Labute approximate surface area is 114 Å². The topological polar surface area (TPSA) is 47.6 Å². The van der Waals surface area contributed by atoms with Gasteiger partial charge in [-0.3, -0.25) is 0 Å². The lowest BCUT2D eigenvalue weighted by molar-refractivity contribution is 0.0599. The van der Waals surface area contributed by atoms with Gasteiger partial charge in [-0.1, -0.05) is 18.2 Å². The molecule has 1 aliphatic rings. The van der Waals surface area contributed by atoms with Gasteiger partial charge in [0.1, 0.15) is 0 Å². The largest absolute Gasteiger partial charge is 0.465 e. The highest BCUT2D eigenvalue weighted by Gasteiger charge is 2.15. The van der Waals surface area contributed by atoms with Crippen LogP contribution in [0, 0.1) is 5.92 Å². The third-order valence-corrected chi connectivity index (χ3v) is 3.49. The molecule has 0 bridgehead atoms. The van der Waals surface area contributed by atoms with Crippen molar-refractivity contribution in [2.45, 2.75) is 19.4 Å². The van der Waals surface area contributed by atoms with Gasteiger partial charge in [-0.05, 0) is 36.9 Å². The highest BCUT2D eigenvalue weighted by molar-refractivity contribution is 5.90. The first-order chi connectivity index (χ1) is 9.31. The molecule has 104 valence electrons. The van der Waals surface area contributed by atoms with Crippen LogP contribution in [0.15, 0.2) is 24.3 Å². The number of carbonyl (C=O) groups is 1. The number of nitrogens with one attached hydrogen (secondary N) is 1. The molecule has 4 nitrogen and oxygen atoms in total. The van der Waals surface area contributed by atoms with E-state index in [4.69, 9.17) is 9.47 Å². The van der Waals surface area contributed by atoms with E-state index in [2.05, 4.69) is 5.32 Å². The summed E-state index contributed by atoms with van der Waals surface area (Å²) in [5, 5.41) is 3.38. The number of benzene rings is 1. The van der Waals surface area contributed by atoms with Gasteiger partial charge in [0.25, 0.3) is 0 Å². The fraction of sp³-hybridized carbons (Fsp3) is 0.533. The maximum absolute atomic E-state index is 11.6. The quantitative estimate of drug-likeness (QED) is 0.630. The van der Waals surface area contributed by atoms with Gasteiger partial charge in [-0.15, -0.1) is 0 Å². The number of hydrogen-bond donors (Lipinski definition) is 1. The Balaban J connectivity index is 1.80. The first-order valence-corrected chi connectivity index (χ1v) is 6.76. The van der Waals surface area contributed by atoms with Crippen LogP contribution < -0.4 is 5.32 Å². The molecule has 0 radical (unpaired) electrons. The second-order valence-corrected chi connectivity index (χ2v) is 4.84. The Bertz CT molecular complexity index is 414. The zero-order chi connectivity index (χ0) is 13.5. The van der Waals surface area contributed by atoms with Crippen molar-refractivity contribution in [2.24, 2.45) is 5.92 Å². The number of ether oxygens (including phenoxy) is 2. The van der Waals surface area contributed by atoms with Crippen molar-refractivity contribution in [3.8, 4) is 0 Å². The second kappa shape index (κ2) is 7.26. The Kier molecular flexibility index (Phi) is 5.36. The molecule has 2 rings (SSSR count). The van der Waals surface area contributed by atoms with Gasteiger partial charge in [0.05, 0.1) is 12.7 Å². The van der Waals surface area contributed by atoms with E-state index in [1.54, 1.807) is 6.07 Å². The fourth-order valence-electron chi connectivity index (χ4n) is 2.32. The van der Waals surface area contributed by atoms with Gasteiger partial charge in [-0.2, -0.15) is 0 Å². The van der Waals surface area contributed by atoms with Gasteiger partial charge in [0.2, 0.25) is 0 Å². The van der Waals surface area contributed by atoms with Crippen LogP contribution in [0.3, 0.4) is 0 Å². The van der Waals surface area contributed by atoms with Crippen LogP contribution in [0.25, 0.3) is 0 Å². The van der Waals surface area contributed by atoms with Crippen molar-refractivity contribution < 1.29 is 14.3 Å². The summed E-state index contributed by atoms with van der Waals surface area (Å²) in [7, 11) is 1.41. The summed E-state index contributed by atoms with van der Waals surface area (Å²) >= 11 is 0. The fourth-order valence-corrected chi connectivity index (χ4v) is 2.32. The zero-order valence-corrected chi connectivity index (χ0v) is 11.4. The van der Waals surface area contributed by atoms with Crippen LogP contribution in [0.5, 0.6) is 0 Å². The SMILES string of the molecule is COC(=O)c1ccccc1CNCCC1CCOC1. The molecule has 1 saturated heterocycles. The minimum absolute atomic E-state index is 0.276. The van der Waals surface area contributed by atoms with E-state index < -0.39 is 0 Å². The molecule has 1 aromatic rings. The minimum Gasteiger partial charge on any atom is -0.465 e. The van der Waals surface area contributed by atoms with Crippen LogP contribution >= 0.6 is 0 Å². The summed E-state index contributed by atoms with van der Waals surface area (Å²) in [6.07, 6.45) is 2.29. The Morgan fingerprint density at radius 3 is 3.05 bits per heavy atom. The first-order valence-electron chi connectivity index (χ1n) is 6.76. The molecule has 19 heavy (non-hydrogen) atoms. The smallest absolute Gasteiger partial charge is 0.338 e. The number of methoxy groups -OCH3 is 1. The van der Waals surface area contributed by atoms with E-state index in [1.807, 2.05) is 18.2 Å². The van der Waals surface area contributed by atoms with Crippen LogP contribution in [0.4, 0.5) is 0 Å². The monoisotopic (exact) mass is 263 g/mol. The normalized spacial score (nSPS) is 18.5. The zero-order valence-electron chi connectivity index (χ0n) is 11.4. The van der Waals surface area contributed by atoms with E-state index in [1.165, 1.54) is 13.5 Å². The number of carbonyl (C=O) groups excluding carboxylic acids is 1. The molecular weight excluding hydrogens is 242 g/mol. The van der Waals surface area contributed by atoms with Gasteiger partial charge in [0, 0.05) is 19.8 Å². The average molecular weight is 263 g/mol. The van der Waals surface area contributed by atoms with Crippen molar-refractivity contribution in [3.63, 3.8) is 0 Å². The van der Waals surface area contributed by atoms with Crippen LogP contribution in [-0.4, -0.2) is 32.8 Å². The lowest BCUT2D eigenvalue weighted by atomic mass is 10.0. The second-order valence-electron chi connectivity index (χ2n) is 4.84. The standard InChI is InChI=1S/C15H21NO3/c1-18-15(17)14-5-3-2-4-13(14)10-16-8-6-12-7-9-19-11-12/h2-5,12,16H,6-11H2,1H3. The summed E-state index contributed by atoms with van der Waals surface area (Å²) in [4.78, 5) is 11.6. The molecule has 1 N–H and O–H groups in total. The summed E-state index contributed by atoms with van der Waals surface area (Å²) in [6.45, 7) is 3.43. The number of hydrogen-bond acceptors (Lipinski definition) is 4. The molecule has 0 amide bonds. The number of esters is 1. The third-order valence-electron chi connectivity index (χ3n) is 3.49. The maximum Gasteiger partial charge on any atom is 0.338 e. The van der Waals surface area contributed by atoms with Crippen LogP contribution in [0.1, 0.15) is 28.8 Å². The Hall–Kier alpha value is -1.39. The predicted octanol–water partition coefficient (Wildman–Crippen LogP) is 1.99. The van der Waals surface area contributed by atoms with Crippen molar-refractivity contribution in [1.82, 2.24) is 5.32 Å². The molecule has 1 atom stereocenters. The van der Waals surface area contributed by atoms with Crippen LogP contribution in [-0.2, 0) is 16.0 Å². The lowest BCUT2D eigenvalue weighted by Gasteiger charge is -2.11. The maximum atomic E-state index is 11.6. The summed E-state index contributed by atoms with van der Waals surface area (Å²) < 4.78 is 10.1. The summed E-state index contributed by atoms with van der Waals surface area (Å²) in [5.41, 5.74) is 1.62. The predicted molar refractivity (Wildman–Crippen MR) is 73.0 cm³/mol. The molecule has 1 unspecified atom stereocenters. The summed E-state index contributed by atoms with van der Waals surface area (Å²) in [5.74, 6) is 0.407. The number of rotatable bonds is 6. The molecule has 4 heteroatoms. The van der Waals surface area contributed by atoms with Gasteiger partial charge in [-0.25, -0.2) is 4.79 Å². The third kappa shape index (κ3) is 4.04. The molecule has 0 aliphatic carbocycles. The van der Waals surface area contributed by atoms with Gasteiger partial charge >= 0.3 is 5.97 Å². The molecule has 1 aromatic carbocycles. The first kappa shape index (κ1) is 14.0. The Morgan fingerprint density at radius 1 is 1.47 bits per heavy atom. The molecule has 1 aliphatic heterocycles. The van der Waals surface area contributed by atoms with Crippen molar-refractivity contribution in [1.29, 1.82) is 0 Å². The van der Waals surface area contributed by atoms with E-state index in [-0.39, 0.29) is 5.97 Å². The van der Waals surface area contributed by atoms with Gasteiger partial charge in [0.15, 0.2) is 0 Å². The molecule has 0 saturated carbocycles. The molecular formula is C15H21NO3. The van der Waals surface area contributed by atoms with Crippen LogP contribution in [0.2, 0.25) is 0 Å². The molecule has 0 aromatic heterocycles. The lowest BCUT2D eigenvalue weighted by Crippen LogP contribution is -2.19. The molecule has 1 fully saturated rings. The van der Waals surface area contributed by atoms with Gasteiger partial charge < -0.3 is 14.8 Å². The Morgan fingerprint density at radius 2 is 2.32 bits per heavy atom. The summed E-state index contributed by atoms with van der Waals surface area (Å²) in [6, 6.07) is 7.55. The van der Waals surface area contributed by atoms with E-state index in [0.717, 1.165) is 31.7 Å². The molecule has 1 heterocycles. The van der Waals surface area contributed by atoms with Crippen molar-refractivity contribution >= 4 is 5.97 Å². The van der Waals surface area contributed by atoms with E-state index >= 15 is 0 Å². The highest BCUT2D eigenvalue weighted by Crippen LogP contribution is 2.15. The minimum atomic E-state index is -0.276. The molecule has 0 spiro atoms. The highest BCUT2D eigenvalue weighted by atomic mass is 16.5. The van der Waals surface area contributed by atoms with Crippen molar-refractivity contribution in [2.75, 3.05) is 26.9 Å². The van der Waals surface area contributed by atoms with E-state index in [0.29, 0.717) is 18.0 Å². The average Bonchev–Trinajstić information content (AvgIpc) is 2.96. The van der Waals surface area contributed by atoms with E-state index in [9.17, 15) is 4.79 Å².